The first-order chi connectivity index (χ1) is 9.42. The Labute approximate surface area is 114 Å². The Morgan fingerprint density at radius 2 is 2.16 bits per heavy atom. The minimum atomic E-state index is 0.620. The van der Waals surface area contributed by atoms with E-state index in [0.29, 0.717) is 6.04 Å². The molecule has 0 radical (unpaired) electrons. The largest absolute Gasteiger partial charge is 0.379 e. The van der Waals surface area contributed by atoms with Gasteiger partial charge in [-0.2, -0.15) is 0 Å². The molecule has 4 rings (SSSR count). The number of allylic oxidation sites excluding steroid dienone is 1. The first-order valence-corrected chi connectivity index (χ1v) is 7.55. The fourth-order valence-corrected chi connectivity index (χ4v) is 3.77. The summed E-state index contributed by atoms with van der Waals surface area (Å²) in [6.45, 7) is 2.31. The fourth-order valence-electron chi connectivity index (χ4n) is 3.77. The molecule has 2 aliphatic carbocycles. The molecule has 0 aromatic carbocycles. The van der Waals surface area contributed by atoms with Crippen LogP contribution in [-0.4, -0.2) is 24.1 Å². The maximum Gasteiger partial charge on any atom is 0.151 e. The van der Waals surface area contributed by atoms with Crippen LogP contribution in [0.5, 0.6) is 0 Å². The number of rotatable bonds is 3. The minimum absolute atomic E-state index is 0.620. The normalized spacial score (nSPS) is 32.2. The molecule has 0 spiro atoms. The van der Waals surface area contributed by atoms with Gasteiger partial charge in [-0.05, 0) is 43.7 Å². The van der Waals surface area contributed by atoms with Crippen LogP contribution in [-0.2, 0) is 0 Å². The van der Waals surface area contributed by atoms with Crippen LogP contribution in [0.2, 0.25) is 0 Å². The fraction of sp³-hybridized carbons (Fsp3) is 0.562. The van der Waals surface area contributed by atoms with Crippen molar-refractivity contribution in [2.75, 3.05) is 23.3 Å². The van der Waals surface area contributed by atoms with Gasteiger partial charge in [0.15, 0.2) is 5.82 Å². The quantitative estimate of drug-likeness (QED) is 0.841. The summed E-state index contributed by atoms with van der Waals surface area (Å²) in [5, 5.41) is 3.74. The Kier molecular flexibility index (Phi) is 2.71. The van der Waals surface area contributed by atoms with Gasteiger partial charge >= 0.3 is 0 Å². The molecule has 2 fully saturated rings. The standard InChI is InChI=1S/C16H21N3/c1-2-10-19(9-1)16-14(7-4-8-17-16)18-15-11-12-5-3-6-13(12)15/h3-4,6-8,12-13,15,18H,1-2,5,9-11H2. The van der Waals surface area contributed by atoms with E-state index in [2.05, 4.69) is 33.4 Å². The average molecular weight is 255 g/mol. The number of anilines is 2. The molecule has 3 nitrogen and oxygen atoms in total. The highest BCUT2D eigenvalue weighted by molar-refractivity contribution is 5.66. The van der Waals surface area contributed by atoms with Gasteiger partial charge in [0.05, 0.1) is 5.69 Å². The lowest BCUT2D eigenvalue weighted by Gasteiger charge is -2.41. The Bertz CT molecular complexity index is 491. The van der Waals surface area contributed by atoms with Gasteiger partial charge in [-0.1, -0.05) is 12.2 Å². The first kappa shape index (κ1) is 11.3. The number of aromatic nitrogens is 1. The van der Waals surface area contributed by atoms with Crippen molar-refractivity contribution in [3.8, 4) is 0 Å². The summed E-state index contributed by atoms with van der Waals surface area (Å²) in [5.41, 5.74) is 1.23. The maximum absolute atomic E-state index is 4.60. The summed E-state index contributed by atoms with van der Waals surface area (Å²) >= 11 is 0. The van der Waals surface area contributed by atoms with Crippen molar-refractivity contribution < 1.29 is 0 Å². The van der Waals surface area contributed by atoms with E-state index >= 15 is 0 Å². The molecule has 1 aromatic rings. The molecule has 19 heavy (non-hydrogen) atoms. The molecule has 0 amide bonds. The van der Waals surface area contributed by atoms with E-state index in [1.54, 1.807) is 0 Å². The highest BCUT2D eigenvalue weighted by atomic mass is 15.2. The van der Waals surface area contributed by atoms with Crippen molar-refractivity contribution >= 4 is 11.5 Å². The zero-order chi connectivity index (χ0) is 12.7. The van der Waals surface area contributed by atoms with E-state index in [1.165, 1.54) is 31.4 Å². The number of nitrogens with one attached hydrogen (secondary N) is 1. The van der Waals surface area contributed by atoms with Gasteiger partial charge in [-0.25, -0.2) is 4.98 Å². The lowest BCUT2D eigenvalue weighted by atomic mass is 9.71. The van der Waals surface area contributed by atoms with Crippen LogP contribution in [0.4, 0.5) is 11.5 Å². The van der Waals surface area contributed by atoms with Gasteiger partial charge in [0, 0.05) is 31.2 Å². The van der Waals surface area contributed by atoms with Crippen molar-refractivity contribution in [1.82, 2.24) is 4.98 Å². The summed E-state index contributed by atoms with van der Waals surface area (Å²) in [7, 11) is 0. The predicted molar refractivity (Wildman–Crippen MR) is 78.4 cm³/mol. The van der Waals surface area contributed by atoms with Gasteiger partial charge in [-0.3, -0.25) is 0 Å². The number of hydrogen-bond donors (Lipinski definition) is 1. The molecule has 1 aliphatic heterocycles. The van der Waals surface area contributed by atoms with Crippen molar-refractivity contribution in [3.05, 3.63) is 30.5 Å². The molecular weight excluding hydrogens is 234 g/mol. The van der Waals surface area contributed by atoms with Crippen molar-refractivity contribution in [3.63, 3.8) is 0 Å². The van der Waals surface area contributed by atoms with Crippen molar-refractivity contribution in [1.29, 1.82) is 0 Å². The Morgan fingerprint density at radius 3 is 3.00 bits per heavy atom. The van der Waals surface area contributed by atoms with Crippen molar-refractivity contribution in [2.24, 2.45) is 11.8 Å². The first-order valence-electron chi connectivity index (χ1n) is 7.55. The van der Waals surface area contributed by atoms with Crippen LogP contribution < -0.4 is 10.2 Å². The average Bonchev–Trinajstić information content (AvgIpc) is 3.06. The van der Waals surface area contributed by atoms with E-state index in [4.69, 9.17) is 0 Å². The molecule has 3 unspecified atom stereocenters. The van der Waals surface area contributed by atoms with Crippen LogP contribution >= 0.6 is 0 Å². The summed E-state index contributed by atoms with van der Waals surface area (Å²) in [4.78, 5) is 7.02. The Balaban J connectivity index is 1.52. The zero-order valence-electron chi connectivity index (χ0n) is 11.3. The Hall–Kier alpha value is -1.51. The molecular formula is C16H21N3. The molecule has 3 atom stereocenters. The highest BCUT2D eigenvalue weighted by Crippen LogP contribution is 2.44. The van der Waals surface area contributed by atoms with E-state index in [-0.39, 0.29) is 0 Å². The van der Waals surface area contributed by atoms with E-state index in [1.807, 2.05) is 12.3 Å². The van der Waals surface area contributed by atoms with Gasteiger partial charge in [0.2, 0.25) is 0 Å². The number of hydrogen-bond acceptors (Lipinski definition) is 3. The summed E-state index contributed by atoms with van der Waals surface area (Å²) in [6, 6.07) is 4.85. The molecule has 1 saturated heterocycles. The third kappa shape index (κ3) is 1.92. The SMILES string of the molecule is C1=CC2C(C1)CC2Nc1cccnc1N1CCCC1. The molecule has 1 aromatic heterocycles. The molecule has 1 saturated carbocycles. The van der Waals surface area contributed by atoms with Gasteiger partial charge in [-0.15, -0.1) is 0 Å². The van der Waals surface area contributed by atoms with Crippen LogP contribution in [0.3, 0.4) is 0 Å². The van der Waals surface area contributed by atoms with Crippen LogP contribution in [0.25, 0.3) is 0 Å². The third-order valence-electron chi connectivity index (χ3n) is 4.90. The van der Waals surface area contributed by atoms with Gasteiger partial charge in [0.1, 0.15) is 0 Å². The second-order valence-electron chi connectivity index (χ2n) is 6.06. The number of fused-ring (bicyclic) bond motifs is 1. The third-order valence-corrected chi connectivity index (χ3v) is 4.90. The minimum Gasteiger partial charge on any atom is -0.379 e. The van der Waals surface area contributed by atoms with Crippen LogP contribution in [0.15, 0.2) is 30.5 Å². The number of nitrogens with zero attached hydrogens (tertiary/aromatic N) is 2. The highest BCUT2D eigenvalue weighted by Gasteiger charge is 2.41. The summed E-state index contributed by atoms with van der Waals surface area (Å²) in [5.74, 6) is 2.82. The summed E-state index contributed by atoms with van der Waals surface area (Å²) in [6.07, 6.45) is 11.9. The lowest BCUT2D eigenvalue weighted by molar-refractivity contribution is 0.218. The number of pyridine rings is 1. The van der Waals surface area contributed by atoms with Crippen molar-refractivity contribution in [2.45, 2.75) is 31.7 Å². The topological polar surface area (TPSA) is 28.2 Å². The molecule has 2 heterocycles. The second kappa shape index (κ2) is 4.55. The smallest absolute Gasteiger partial charge is 0.151 e. The zero-order valence-corrected chi connectivity index (χ0v) is 11.3. The molecule has 0 bridgehead atoms. The summed E-state index contributed by atoms with van der Waals surface area (Å²) < 4.78 is 0. The monoisotopic (exact) mass is 255 g/mol. The predicted octanol–water partition coefficient (Wildman–Crippen LogP) is 3.06. The van der Waals surface area contributed by atoms with Gasteiger partial charge < -0.3 is 10.2 Å². The second-order valence-corrected chi connectivity index (χ2v) is 6.06. The molecule has 3 aliphatic rings. The van der Waals surface area contributed by atoms with E-state index in [0.717, 1.165) is 30.7 Å². The van der Waals surface area contributed by atoms with E-state index < -0.39 is 0 Å². The van der Waals surface area contributed by atoms with Crippen LogP contribution in [0.1, 0.15) is 25.7 Å². The Morgan fingerprint density at radius 1 is 1.26 bits per heavy atom. The molecule has 1 N–H and O–H groups in total. The maximum atomic E-state index is 4.60. The van der Waals surface area contributed by atoms with Crippen LogP contribution in [0, 0.1) is 11.8 Å². The van der Waals surface area contributed by atoms with Gasteiger partial charge in [0.25, 0.3) is 0 Å². The molecule has 3 heteroatoms. The lowest BCUT2D eigenvalue weighted by Crippen LogP contribution is -2.43. The van der Waals surface area contributed by atoms with E-state index in [9.17, 15) is 0 Å². The molecule has 100 valence electrons.